The van der Waals surface area contributed by atoms with Crippen LogP contribution in [0.25, 0.3) is 0 Å². The van der Waals surface area contributed by atoms with Gasteiger partial charge in [-0.05, 0) is 29.8 Å². The van der Waals surface area contributed by atoms with E-state index in [1.807, 2.05) is 36.4 Å². The van der Waals surface area contributed by atoms with Crippen molar-refractivity contribution in [2.24, 2.45) is 0 Å². The Morgan fingerprint density at radius 2 is 1.96 bits per heavy atom. The number of nitrogens with zero attached hydrogens (tertiary/aromatic N) is 3. The Balaban J connectivity index is 1.46. The number of aromatic nitrogens is 2. The Labute approximate surface area is 180 Å². The quantitative estimate of drug-likeness (QED) is 0.429. The SMILES string of the molecule is CN(Cc1ccc(Br)cc1)C(=O)CSc1nnc(COc2ccccc2Cl)o1. The summed E-state index contributed by atoms with van der Waals surface area (Å²) in [5.41, 5.74) is 1.06. The second-order valence-electron chi connectivity index (χ2n) is 5.85. The molecule has 1 heterocycles. The summed E-state index contributed by atoms with van der Waals surface area (Å²) in [5.74, 6) is 1.04. The smallest absolute Gasteiger partial charge is 0.277 e. The molecule has 0 aliphatic carbocycles. The van der Waals surface area contributed by atoms with Gasteiger partial charge in [0.25, 0.3) is 11.1 Å². The van der Waals surface area contributed by atoms with Gasteiger partial charge in [0.1, 0.15) is 5.75 Å². The molecule has 0 aliphatic rings. The van der Waals surface area contributed by atoms with E-state index in [0.29, 0.717) is 28.4 Å². The first-order valence-corrected chi connectivity index (χ1v) is 10.5. The Kier molecular flexibility index (Phi) is 7.36. The van der Waals surface area contributed by atoms with Gasteiger partial charge in [0, 0.05) is 18.1 Å². The number of halogens is 2. The number of rotatable bonds is 8. The molecule has 1 amide bonds. The summed E-state index contributed by atoms with van der Waals surface area (Å²) in [6.07, 6.45) is 0. The molecule has 146 valence electrons. The van der Waals surface area contributed by atoms with Gasteiger partial charge < -0.3 is 14.1 Å². The number of hydrogen-bond acceptors (Lipinski definition) is 6. The highest BCUT2D eigenvalue weighted by atomic mass is 79.9. The Bertz CT molecular complexity index is 936. The van der Waals surface area contributed by atoms with Gasteiger partial charge in [-0.2, -0.15) is 0 Å². The Hall–Kier alpha value is -2.03. The number of thioether (sulfide) groups is 1. The maximum atomic E-state index is 12.3. The number of amides is 1. The molecule has 0 aliphatic heterocycles. The maximum absolute atomic E-state index is 12.3. The Morgan fingerprint density at radius 3 is 2.71 bits per heavy atom. The Morgan fingerprint density at radius 1 is 1.21 bits per heavy atom. The van der Waals surface area contributed by atoms with Crippen LogP contribution < -0.4 is 4.74 Å². The van der Waals surface area contributed by atoms with Crippen molar-refractivity contribution in [1.29, 1.82) is 0 Å². The fourth-order valence-electron chi connectivity index (χ4n) is 2.24. The fraction of sp³-hybridized carbons (Fsp3) is 0.211. The zero-order valence-corrected chi connectivity index (χ0v) is 18.1. The van der Waals surface area contributed by atoms with Crippen molar-refractivity contribution in [3.8, 4) is 5.75 Å². The maximum Gasteiger partial charge on any atom is 0.277 e. The van der Waals surface area contributed by atoms with Gasteiger partial charge in [0.2, 0.25) is 5.91 Å². The van der Waals surface area contributed by atoms with Gasteiger partial charge in [-0.25, -0.2) is 0 Å². The van der Waals surface area contributed by atoms with E-state index < -0.39 is 0 Å². The minimum Gasteiger partial charge on any atom is -0.482 e. The predicted octanol–water partition coefficient (Wildman–Crippen LogP) is 4.82. The number of carbonyl (C=O) groups is 1. The minimum atomic E-state index is -0.0278. The molecule has 9 heteroatoms. The molecule has 2 aromatic carbocycles. The van der Waals surface area contributed by atoms with Crippen LogP contribution in [0.5, 0.6) is 5.75 Å². The second-order valence-corrected chi connectivity index (χ2v) is 8.10. The monoisotopic (exact) mass is 481 g/mol. The lowest BCUT2D eigenvalue weighted by Crippen LogP contribution is -2.27. The van der Waals surface area contributed by atoms with Crippen molar-refractivity contribution in [2.45, 2.75) is 18.4 Å². The molecule has 0 spiro atoms. The van der Waals surface area contributed by atoms with Crippen LogP contribution in [0.2, 0.25) is 5.02 Å². The number of ether oxygens (including phenoxy) is 1. The summed E-state index contributed by atoms with van der Waals surface area (Å²) in [6.45, 7) is 0.641. The molecule has 6 nitrogen and oxygen atoms in total. The normalized spacial score (nSPS) is 10.7. The summed E-state index contributed by atoms with van der Waals surface area (Å²) in [7, 11) is 1.77. The highest BCUT2D eigenvalue weighted by Crippen LogP contribution is 2.24. The minimum absolute atomic E-state index is 0.0278. The molecular weight excluding hydrogens is 466 g/mol. The van der Waals surface area contributed by atoms with E-state index in [1.54, 1.807) is 24.1 Å². The van der Waals surface area contributed by atoms with Crippen molar-refractivity contribution in [2.75, 3.05) is 12.8 Å². The number of benzene rings is 2. The van der Waals surface area contributed by atoms with Gasteiger partial charge in [-0.3, -0.25) is 4.79 Å². The van der Waals surface area contributed by atoms with Gasteiger partial charge in [-0.1, -0.05) is 63.6 Å². The molecular formula is C19H17BrClN3O3S. The lowest BCUT2D eigenvalue weighted by molar-refractivity contribution is -0.127. The first kappa shape index (κ1) is 20.7. The summed E-state index contributed by atoms with van der Waals surface area (Å²) in [4.78, 5) is 14.0. The zero-order valence-electron chi connectivity index (χ0n) is 15.0. The third kappa shape index (κ3) is 5.98. The summed E-state index contributed by atoms with van der Waals surface area (Å²) < 4.78 is 12.1. The van der Waals surface area contributed by atoms with Crippen LogP contribution in [0, 0.1) is 0 Å². The molecule has 0 fully saturated rings. The first-order valence-electron chi connectivity index (χ1n) is 8.32. The van der Waals surface area contributed by atoms with Crippen LogP contribution in [0.1, 0.15) is 11.5 Å². The molecule has 3 aromatic rings. The van der Waals surface area contributed by atoms with E-state index in [9.17, 15) is 4.79 Å². The van der Waals surface area contributed by atoms with Gasteiger partial charge in [0.05, 0.1) is 10.8 Å². The standard InChI is InChI=1S/C19H17BrClN3O3S/c1-24(10-13-6-8-14(20)9-7-13)18(25)12-28-19-23-22-17(27-19)11-26-16-5-3-2-4-15(16)21/h2-9H,10-12H2,1H3. The van der Waals surface area contributed by atoms with E-state index in [-0.39, 0.29) is 18.3 Å². The van der Waals surface area contributed by atoms with Crippen LogP contribution in [-0.2, 0) is 17.9 Å². The average molecular weight is 483 g/mol. The van der Waals surface area contributed by atoms with Crippen molar-refractivity contribution in [1.82, 2.24) is 15.1 Å². The molecule has 0 radical (unpaired) electrons. The van der Waals surface area contributed by atoms with Crippen LogP contribution in [0.4, 0.5) is 0 Å². The molecule has 1 aromatic heterocycles. The van der Waals surface area contributed by atoms with Crippen molar-refractivity contribution < 1.29 is 13.9 Å². The van der Waals surface area contributed by atoms with Crippen LogP contribution in [0.15, 0.2) is 62.6 Å². The molecule has 28 heavy (non-hydrogen) atoms. The van der Waals surface area contributed by atoms with Gasteiger partial charge in [-0.15, -0.1) is 10.2 Å². The molecule has 0 bridgehead atoms. The van der Waals surface area contributed by atoms with Crippen LogP contribution in [-0.4, -0.2) is 33.8 Å². The van der Waals surface area contributed by atoms with Crippen molar-refractivity contribution in [3.63, 3.8) is 0 Å². The molecule has 0 atom stereocenters. The molecule has 0 N–H and O–H groups in total. The zero-order chi connectivity index (χ0) is 19.9. The third-order valence-electron chi connectivity index (χ3n) is 3.71. The average Bonchev–Trinajstić information content (AvgIpc) is 3.15. The van der Waals surface area contributed by atoms with E-state index in [0.717, 1.165) is 10.0 Å². The topological polar surface area (TPSA) is 68.5 Å². The van der Waals surface area contributed by atoms with Gasteiger partial charge in [0.15, 0.2) is 6.61 Å². The van der Waals surface area contributed by atoms with Crippen LogP contribution in [0.3, 0.4) is 0 Å². The molecule has 3 rings (SSSR count). The third-order valence-corrected chi connectivity index (χ3v) is 5.36. The van der Waals surface area contributed by atoms with E-state index in [2.05, 4.69) is 26.1 Å². The highest BCUT2D eigenvalue weighted by Gasteiger charge is 2.14. The van der Waals surface area contributed by atoms with Crippen LogP contribution >= 0.6 is 39.3 Å². The first-order chi connectivity index (χ1) is 13.5. The van der Waals surface area contributed by atoms with E-state index >= 15 is 0 Å². The number of carbonyl (C=O) groups excluding carboxylic acids is 1. The summed E-state index contributed by atoms with van der Waals surface area (Å²) >= 11 is 10.6. The fourth-order valence-corrected chi connectivity index (χ4v) is 3.42. The largest absolute Gasteiger partial charge is 0.482 e. The number of hydrogen-bond donors (Lipinski definition) is 0. The van der Waals surface area contributed by atoms with Gasteiger partial charge >= 0.3 is 0 Å². The van der Waals surface area contributed by atoms with Crippen molar-refractivity contribution in [3.05, 3.63) is 69.5 Å². The number of para-hydroxylation sites is 1. The lowest BCUT2D eigenvalue weighted by atomic mass is 10.2. The van der Waals surface area contributed by atoms with E-state index in [1.165, 1.54) is 11.8 Å². The van der Waals surface area contributed by atoms with Crippen molar-refractivity contribution >= 4 is 45.2 Å². The summed E-state index contributed by atoms with van der Waals surface area (Å²) in [6, 6.07) is 15.0. The van der Waals surface area contributed by atoms with E-state index in [4.69, 9.17) is 20.8 Å². The lowest BCUT2D eigenvalue weighted by Gasteiger charge is -2.16. The summed E-state index contributed by atoms with van der Waals surface area (Å²) in [5, 5.41) is 8.69. The molecule has 0 unspecified atom stereocenters. The highest BCUT2D eigenvalue weighted by molar-refractivity contribution is 9.10. The molecule has 0 saturated heterocycles. The predicted molar refractivity (Wildman–Crippen MR) is 111 cm³/mol. The molecule has 0 saturated carbocycles. The second kappa shape index (κ2) is 9.95.